The molecule has 1 heteroatoms. The predicted molar refractivity (Wildman–Crippen MR) is 60.3 cm³/mol. The first kappa shape index (κ1) is 10.3. The van der Waals surface area contributed by atoms with Crippen molar-refractivity contribution < 1.29 is 0 Å². The summed E-state index contributed by atoms with van der Waals surface area (Å²) in [6.07, 6.45) is 5.17. The molecule has 0 aliphatic rings. The molecule has 0 saturated carbocycles. The molecule has 0 atom stereocenters. The van der Waals surface area contributed by atoms with Crippen LogP contribution in [0.1, 0.15) is 23.1 Å². The molecule has 0 radical (unpaired) electrons. The van der Waals surface area contributed by atoms with Gasteiger partial charge in [-0.3, -0.25) is 0 Å². The Bertz CT molecular complexity index is 300. The summed E-state index contributed by atoms with van der Waals surface area (Å²) in [6, 6.07) is 6.48. The van der Waals surface area contributed by atoms with E-state index in [0.717, 1.165) is 6.42 Å². The fourth-order valence-electron chi connectivity index (χ4n) is 1.15. The minimum Gasteiger partial charge on any atom is -0.126 e. The first-order valence-electron chi connectivity index (χ1n) is 4.54. The molecule has 70 valence electrons. The topological polar surface area (TPSA) is 0 Å². The zero-order valence-corrected chi connectivity index (χ0v) is 8.93. The second kappa shape index (κ2) is 5.08. The zero-order valence-electron chi connectivity index (χ0n) is 8.18. The van der Waals surface area contributed by atoms with Crippen LogP contribution in [0.15, 0.2) is 24.3 Å². The molecule has 1 aromatic carbocycles. The van der Waals surface area contributed by atoms with Gasteiger partial charge in [0.1, 0.15) is 0 Å². The molecule has 0 nitrogen and oxygen atoms in total. The van der Waals surface area contributed by atoms with E-state index >= 15 is 0 Å². The molecule has 13 heavy (non-hydrogen) atoms. The highest BCUT2D eigenvalue weighted by molar-refractivity contribution is 6.17. The smallest absolute Gasteiger partial charge is 0.0258 e. The maximum Gasteiger partial charge on any atom is 0.0258 e. The van der Waals surface area contributed by atoms with Crippen LogP contribution in [0.3, 0.4) is 0 Å². The second-order valence-electron chi connectivity index (χ2n) is 3.22. The third-order valence-electron chi connectivity index (χ3n) is 2.12. The van der Waals surface area contributed by atoms with Crippen molar-refractivity contribution in [1.29, 1.82) is 0 Å². The van der Waals surface area contributed by atoms with Crippen molar-refractivity contribution in [3.05, 3.63) is 41.0 Å². The lowest BCUT2D eigenvalue weighted by molar-refractivity contribution is 1.24. The Kier molecular flexibility index (Phi) is 4.04. The van der Waals surface area contributed by atoms with Crippen molar-refractivity contribution >= 4 is 17.7 Å². The molecule has 1 rings (SSSR count). The lowest BCUT2D eigenvalue weighted by Crippen LogP contribution is -1.81. The summed E-state index contributed by atoms with van der Waals surface area (Å²) in [5.41, 5.74) is 3.94. The molecule has 0 amide bonds. The molecular weight excluding hydrogens is 180 g/mol. The van der Waals surface area contributed by atoms with Gasteiger partial charge >= 0.3 is 0 Å². The van der Waals surface area contributed by atoms with Crippen LogP contribution in [0.5, 0.6) is 0 Å². The molecular formula is C12H15Cl. The van der Waals surface area contributed by atoms with Crippen LogP contribution in [-0.2, 0) is 0 Å². The Morgan fingerprint density at radius 3 is 2.62 bits per heavy atom. The summed E-state index contributed by atoms with van der Waals surface area (Å²) in [5, 5.41) is 0. The number of halogens is 1. The number of aryl methyl sites for hydroxylation is 2. The summed E-state index contributed by atoms with van der Waals surface area (Å²) < 4.78 is 0. The number of allylic oxidation sites excluding steroid dienone is 1. The molecule has 0 spiro atoms. The Hall–Kier alpha value is -0.750. The van der Waals surface area contributed by atoms with Crippen molar-refractivity contribution in [2.45, 2.75) is 20.3 Å². The van der Waals surface area contributed by atoms with Gasteiger partial charge in [-0.2, -0.15) is 0 Å². The first-order chi connectivity index (χ1) is 6.24. The molecule has 0 saturated heterocycles. The van der Waals surface area contributed by atoms with Gasteiger partial charge in [-0.25, -0.2) is 0 Å². The van der Waals surface area contributed by atoms with Crippen LogP contribution >= 0.6 is 11.6 Å². The largest absolute Gasteiger partial charge is 0.126 e. The van der Waals surface area contributed by atoms with Gasteiger partial charge in [-0.05, 0) is 37.0 Å². The molecule has 0 unspecified atom stereocenters. The highest BCUT2D eigenvalue weighted by Crippen LogP contribution is 2.11. The number of benzene rings is 1. The number of hydrogen-bond acceptors (Lipinski definition) is 0. The first-order valence-corrected chi connectivity index (χ1v) is 5.07. The Balaban J connectivity index is 2.73. The van der Waals surface area contributed by atoms with E-state index in [1.54, 1.807) is 0 Å². The monoisotopic (exact) mass is 194 g/mol. The van der Waals surface area contributed by atoms with E-state index in [1.807, 2.05) is 0 Å². The van der Waals surface area contributed by atoms with Gasteiger partial charge in [0.15, 0.2) is 0 Å². The number of rotatable bonds is 3. The third-order valence-corrected chi connectivity index (χ3v) is 2.34. The Morgan fingerprint density at radius 1 is 1.23 bits per heavy atom. The maximum atomic E-state index is 5.57. The maximum absolute atomic E-state index is 5.57. The minimum absolute atomic E-state index is 0.696. The van der Waals surface area contributed by atoms with E-state index in [-0.39, 0.29) is 0 Å². The van der Waals surface area contributed by atoms with E-state index in [2.05, 4.69) is 44.2 Å². The molecule has 0 fully saturated rings. The minimum atomic E-state index is 0.696. The highest BCUT2D eigenvalue weighted by atomic mass is 35.5. The van der Waals surface area contributed by atoms with Gasteiger partial charge in [0.25, 0.3) is 0 Å². The van der Waals surface area contributed by atoms with Crippen molar-refractivity contribution in [3.63, 3.8) is 0 Å². The normalized spacial score (nSPS) is 11.0. The average Bonchev–Trinajstić information content (AvgIpc) is 2.12. The predicted octanol–water partition coefficient (Wildman–Crippen LogP) is 3.95. The van der Waals surface area contributed by atoms with E-state index in [4.69, 9.17) is 11.6 Å². The molecule has 0 aliphatic carbocycles. The van der Waals surface area contributed by atoms with Crippen molar-refractivity contribution in [2.75, 3.05) is 5.88 Å². The van der Waals surface area contributed by atoms with Crippen LogP contribution in [0, 0.1) is 13.8 Å². The highest BCUT2D eigenvalue weighted by Gasteiger charge is 1.91. The second-order valence-corrected chi connectivity index (χ2v) is 3.60. The van der Waals surface area contributed by atoms with E-state index in [0.29, 0.717) is 5.88 Å². The van der Waals surface area contributed by atoms with Crippen LogP contribution in [0.2, 0.25) is 0 Å². The SMILES string of the molecule is Cc1ccc(C=CCCCl)cc1C. The number of alkyl halides is 1. The molecule has 0 bridgehead atoms. The van der Waals surface area contributed by atoms with Gasteiger partial charge in [0.05, 0.1) is 0 Å². The summed E-state index contributed by atoms with van der Waals surface area (Å²) >= 11 is 5.57. The molecule has 0 aliphatic heterocycles. The van der Waals surface area contributed by atoms with E-state index < -0.39 is 0 Å². The molecule has 0 heterocycles. The Labute approximate surface area is 85.2 Å². The average molecular weight is 195 g/mol. The van der Waals surface area contributed by atoms with Gasteiger partial charge in [0.2, 0.25) is 0 Å². The summed E-state index contributed by atoms with van der Waals surface area (Å²) in [4.78, 5) is 0. The van der Waals surface area contributed by atoms with E-state index in [9.17, 15) is 0 Å². The standard InChI is InChI=1S/C12H15Cl/c1-10-6-7-12(9-11(10)2)5-3-4-8-13/h3,5-7,9H,4,8H2,1-2H3. The van der Waals surface area contributed by atoms with Gasteiger partial charge < -0.3 is 0 Å². The molecule has 1 aromatic rings. The molecule has 0 N–H and O–H groups in total. The summed E-state index contributed by atoms with van der Waals surface area (Å²) in [5.74, 6) is 0.696. The lowest BCUT2D eigenvalue weighted by atomic mass is 10.1. The van der Waals surface area contributed by atoms with Gasteiger partial charge in [-0.15, -0.1) is 11.6 Å². The van der Waals surface area contributed by atoms with Crippen LogP contribution in [0.4, 0.5) is 0 Å². The van der Waals surface area contributed by atoms with Crippen molar-refractivity contribution in [2.24, 2.45) is 0 Å². The quantitative estimate of drug-likeness (QED) is 0.640. The zero-order chi connectivity index (χ0) is 9.68. The fraction of sp³-hybridized carbons (Fsp3) is 0.333. The summed E-state index contributed by atoms with van der Waals surface area (Å²) in [6.45, 7) is 4.26. The van der Waals surface area contributed by atoms with Crippen LogP contribution < -0.4 is 0 Å². The van der Waals surface area contributed by atoms with Crippen LogP contribution in [-0.4, -0.2) is 5.88 Å². The molecule has 0 aromatic heterocycles. The fourth-order valence-corrected chi connectivity index (χ4v) is 1.28. The van der Waals surface area contributed by atoms with Gasteiger partial charge in [0, 0.05) is 5.88 Å². The van der Waals surface area contributed by atoms with Crippen molar-refractivity contribution in [1.82, 2.24) is 0 Å². The number of hydrogen-bond donors (Lipinski definition) is 0. The Morgan fingerprint density at radius 2 is 2.00 bits per heavy atom. The summed E-state index contributed by atoms with van der Waals surface area (Å²) in [7, 11) is 0. The van der Waals surface area contributed by atoms with Crippen molar-refractivity contribution in [3.8, 4) is 0 Å². The van der Waals surface area contributed by atoms with Crippen LogP contribution in [0.25, 0.3) is 6.08 Å². The lowest BCUT2D eigenvalue weighted by Gasteiger charge is -2.00. The third kappa shape index (κ3) is 3.23. The van der Waals surface area contributed by atoms with E-state index in [1.165, 1.54) is 16.7 Å². The van der Waals surface area contributed by atoms with Gasteiger partial charge in [-0.1, -0.05) is 30.4 Å².